The van der Waals surface area contributed by atoms with Crippen molar-refractivity contribution in [3.8, 4) is 11.4 Å². The smallest absolute Gasteiger partial charge is 0.0728 e. The third-order valence-corrected chi connectivity index (χ3v) is 8.34. The average molecular weight is 465 g/mol. The van der Waals surface area contributed by atoms with E-state index in [4.69, 9.17) is 0 Å². The highest BCUT2D eigenvalue weighted by molar-refractivity contribution is 7.27. The van der Waals surface area contributed by atoms with Crippen molar-refractivity contribution in [2.75, 3.05) is 0 Å². The first-order chi connectivity index (χ1) is 17.4. The van der Waals surface area contributed by atoms with Gasteiger partial charge in [-0.1, -0.05) is 84.9 Å². The van der Waals surface area contributed by atoms with Gasteiger partial charge in [0.15, 0.2) is 0 Å². The lowest BCUT2D eigenvalue weighted by Crippen LogP contribution is -1.94. The summed E-state index contributed by atoms with van der Waals surface area (Å²) in [6, 6.07) is 43.7. The van der Waals surface area contributed by atoms with Gasteiger partial charge in [-0.05, 0) is 36.4 Å². The summed E-state index contributed by atoms with van der Waals surface area (Å²) in [6.45, 7) is 0. The van der Waals surface area contributed by atoms with E-state index in [0.717, 1.165) is 0 Å². The van der Waals surface area contributed by atoms with E-state index in [9.17, 15) is 0 Å². The van der Waals surface area contributed by atoms with Gasteiger partial charge in [0.05, 0.1) is 31.5 Å². The van der Waals surface area contributed by atoms with Gasteiger partial charge in [-0.2, -0.15) is 0 Å². The fraction of sp³-hybridized carbons (Fsp3) is 0. The van der Waals surface area contributed by atoms with Gasteiger partial charge >= 0.3 is 0 Å². The second-order valence-corrected chi connectivity index (χ2v) is 10.0. The highest BCUT2D eigenvalue weighted by Gasteiger charge is 2.22. The molecular weight excluding hydrogens is 444 g/mol. The van der Waals surface area contributed by atoms with Crippen LogP contribution in [0.4, 0.5) is 0 Å². The molecule has 0 amide bonds. The van der Waals surface area contributed by atoms with Gasteiger partial charge in [-0.15, -0.1) is 11.3 Å². The van der Waals surface area contributed by atoms with Crippen LogP contribution in [0.5, 0.6) is 0 Å². The van der Waals surface area contributed by atoms with E-state index in [1.807, 2.05) is 11.3 Å². The number of para-hydroxylation sites is 4. The van der Waals surface area contributed by atoms with Crippen molar-refractivity contribution in [3.63, 3.8) is 0 Å². The lowest BCUT2D eigenvalue weighted by atomic mass is 10.1. The van der Waals surface area contributed by atoms with Crippen LogP contribution in [0.3, 0.4) is 0 Å². The van der Waals surface area contributed by atoms with Crippen LogP contribution < -0.4 is 0 Å². The second-order valence-electron chi connectivity index (χ2n) is 8.99. The number of thiophene rings is 1. The number of benzene rings is 5. The van der Waals surface area contributed by atoms with E-state index in [1.54, 1.807) is 0 Å². The Balaban J connectivity index is 1.62. The third kappa shape index (κ3) is 2.53. The summed E-state index contributed by atoms with van der Waals surface area (Å²) in [5, 5.41) is 5.21. The zero-order valence-electron chi connectivity index (χ0n) is 18.8. The predicted molar refractivity (Wildman–Crippen MR) is 151 cm³/mol. The molecule has 0 saturated heterocycles. The maximum Gasteiger partial charge on any atom is 0.0728 e. The van der Waals surface area contributed by atoms with Crippen LogP contribution in [0.1, 0.15) is 0 Å². The highest BCUT2D eigenvalue weighted by atomic mass is 32.1. The van der Waals surface area contributed by atoms with Crippen LogP contribution in [0.2, 0.25) is 0 Å². The van der Waals surface area contributed by atoms with Crippen LogP contribution >= 0.6 is 11.3 Å². The monoisotopic (exact) mass is 464 g/mol. The van der Waals surface area contributed by atoms with Crippen molar-refractivity contribution >= 4 is 64.3 Å². The topological polar surface area (TPSA) is 9.86 Å². The van der Waals surface area contributed by atoms with E-state index in [2.05, 4.69) is 130 Å². The Bertz CT molecular complexity index is 2040. The molecule has 0 aliphatic carbocycles. The Morgan fingerprint density at radius 2 is 0.829 bits per heavy atom. The SMILES string of the molecule is c1ccc(-n2c3ccccc3c3ccc4c(sc5c6ccccc6n(-c6ccccc6)c45)c32)cc1. The summed E-state index contributed by atoms with van der Waals surface area (Å²) >= 11 is 1.92. The number of hydrogen-bond acceptors (Lipinski definition) is 1. The Morgan fingerprint density at radius 3 is 1.49 bits per heavy atom. The number of hydrogen-bond donors (Lipinski definition) is 0. The molecule has 3 aromatic heterocycles. The molecule has 8 rings (SSSR count). The number of nitrogens with zero attached hydrogens (tertiary/aromatic N) is 2. The van der Waals surface area contributed by atoms with Gasteiger partial charge in [0.2, 0.25) is 0 Å². The van der Waals surface area contributed by atoms with E-state index in [1.165, 1.54) is 64.4 Å². The van der Waals surface area contributed by atoms with Crippen molar-refractivity contribution in [3.05, 3.63) is 121 Å². The van der Waals surface area contributed by atoms with E-state index >= 15 is 0 Å². The van der Waals surface area contributed by atoms with Crippen LogP contribution in [0, 0.1) is 0 Å². The molecule has 35 heavy (non-hydrogen) atoms. The largest absolute Gasteiger partial charge is 0.308 e. The standard InChI is InChI=1S/C32H20N2S/c1-3-11-21(12-4-1)33-27-17-9-7-15-23(27)24-19-20-26-30-31(35-32(26)29(24)33)25-16-8-10-18-28(25)34(30)22-13-5-2-6-14-22/h1-20H. The third-order valence-electron chi connectivity index (χ3n) is 7.11. The summed E-state index contributed by atoms with van der Waals surface area (Å²) in [5.41, 5.74) is 7.48. The van der Waals surface area contributed by atoms with Gasteiger partial charge in [-0.3, -0.25) is 0 Å². The van der Waals surface area contributed by atoms with Crippen molar-refractivity contribution in [1.29, 1.82) is 0 Å². The molecule has 0 radical (unpaired) electrons. The molecule has 8 aromatic rings. The zero-order chi connectivity index (χ0) is 22.9. The van der Waals surface area contributed by atoms with Gasteiger partial charge < -0.3 is 9.13 Å². The van der Waals surface area contributed by atoms with Crippen LogP contribution in [0.15, 0.2) is 121 Å². The molecule has 0 aliphatic rings. The summed E-state index contributed by atoms with van der Waals surface area (Å²) in [6.07, 6.45) is 0. The lowest BCUT2D eigenvalue weighted by molar-refractivity contribution is 1.18. The average Bonchev–Trinajstić information content (AvgIpc) is 3.56. The first-order valence-electron chi connectivity index (χ1n) is 11.9. The normalized spacial score (nSPS) is 12.0. The van der Waals surface area contributed by atoms with Gasteiger partial charge in [0, 0.05) is 32.9 Å². The Kier molecular flexibility index (Phi) is 3.85. The zero-order valence-corrected chi connectivity index (χ0v) is 19.7. The summed E-state index contributed by atoms with van der Waals surface area (Å²) in [4.78, 5) is 0. The molecule has 0 N–H and O–H groups in total. The van der Waals surface area contributed by atoms with Crippen molar-refractivity contribution in [1.82, 2.24) is 9.13 Å². The first-order valence-corrected chi connectivity index (χ1v) is 12.7. The van der Waals surface area contributed by atoms with E-state index in [0.29, 0.717) is 0 Å². The molecular formula is C32H20N2S. The fourth-order valence-electron chi connectivity index (χ4n) is 5.67. The number of aromatic nitrogens is 2. The van der Waals surface area contributed by atoms with E-state index < -0.39 is 0 Å². The molecule has 3 heteroatoms. The van der Waals surface area contributed by atoms with Crippen LogP contribution in [-0.4, -0.2) is 9.13 Å². The first kappa shape index (κ1) is 19.0. The second kappa shape index (κ2) is 7.08. The van der Waals surface area contributed by atoms with Gasteiger partial charge in [0.25, 0.3) is 0 Å². The molecule has 0 bridgehead atoms. The molecule has 0 atom stereocenters. The minimum Gasteiger partial charge on any atom is -0.308 e. The molecule has 164 valence electrons. The van der Waals surface area contributed by atoms with E-state index in [-0.39, 0.29) is 0 Å². The lowest BCUT2D eigenvalue weighted by Gasteiger charge is -2.09. The number of fused-ring (bicyclic) bond motifs is 9. The molecule has 0 fully saturated rings. The van der Waals surface area contributed by atoms with Crippen molar-refractivity contribution < 1.29 is 0 Å². The predicted octanol–water partition coefficient (Wildman–Crippen LogP) is 9.10. The summed E-state index contributed by atoms with van der Waals surface area (Å²) in [5.74, 6) is 0. The minimum atomic E-state index is 1.19. The fourth-order valence-corrected chi connectivity index (χ4v) is 7.02. The summed E-state index contributed by atoms with van der Waals surface area (Å²) < 4.78 is 7.56. The minimum absolute atomic E-state index is 1.19. The van der Waals surface area contributed by atoms with Gasteiger partial charge in [-0.25, -0.2) is 0 Å². The Labute approximate surface area is 205 Å². The highest BCUT2D eigenvalue weighted by Crippen LogP contribution is 2.46. The Hall–Kier alpha value is -4.34. The Morgan fingerprint density at radius 1 is 0.371 bits per heavy atom. The van der Waals surface area contributed by atoms with Gasteiger partial charge in [0.1, 0.15) is 0 Å². The molecule has 0 spiro atoms. The van der Waals surface area contributed by atoms with Crippen molar-refractivity contribution in [2.45, 2.75) is 0 Å². The summed E-state index contributed by atoms with van der Waals surface area (Å²) in [7, 11) is 0. The maximum atomic E-state index is 2.44. The molecule has 3 heterocycles. The maximum absolute atomic E-state index is 2.44. The quantitative estimate of drug-likeness (QED) is 0.241. The molecule has 5 aromatic carbocycles. The molecule has 0 aliphatic heterocycles. The van der Waals surface area contributed by atoms with Crippen LogP contribution in [0.25, 0.3) is 64.4 Å². The molecule has 0 unspecified atom stereocenters. The van der Waals surface area contributed by atoms with Crippen LogP contribution in [-0.2, 0) is 0 Å². The molecule has 2 nitrogen and oxygen atoms in total. The molecule has 0 saturated carbocycles. The number of rotatable bonds is 2. The van der Waals surface area contributed by atoms with Crippen molar-refractivity contribution in [2.24, 2.45) is 0 Å².